The number of hydrogen-bond acceptors (Lipinski definition) is 0. The molecule has 8 rings (SSSR count). The molecule has 0 amide bonds. The first kappa shape index (κ1) is 24.6. The number of rotatable bonds is 6. The Morgan fingerprint density at radius 3 is 1.02 bits per heavy atom. The summed E-state index contributed by atoms with van der Waals surface area (Å²) in [6, 6.07) is 57.9. The van der Waals surface area contributed by atoms with E-state index in [1.165, 1.54) is 76.8 Å². The molecule has 0 saturated carbocycles. The summed E-state index contributed by atoms with van der Waals surface area (Å²) >= 11 is 0. The fraction of sp³-hybridized carbons (Fsp3) is 0.0476. The topological polar surface area (TPSA) is 0 Å². The zero-order valence-electron chi connectivity index (χ0n) is 23.4. The fourth-order valence-corrected chi connectivity index (χ4v) is 6.78. The van der Waals surface area contributed by atoms with Crippen molar-refractivity contribution in [2.75, 3.05) is 0 Å². The summed E-state index contributed by atoms with van der Waals surface area (Å²) in [6.45, 7) is 0. The van der Waals surface area contributed by atoms with Crippen molar-refractivity contribution in [3.8, 4) is 22.3 Å². The van der Waals surface area contributed by atoms with Gasteiger partial charge in [0.15, 0.2) is 0 Å². The molecule has 0 atom stereocenters. The van der Waals surface area contributed by atoms with E-state index in [4.69, 9.17) is 0 Å². The van der Waals surface area contributed by atoms with Crippen molar-refractivity contribution in [3.63, 3.8) is 0 Å². The monoisotopic (exact) mass is 534 g/mol. The van der Waals surface area contributed by atoms with Gasteiger partial charge in [0, 0.05) is 0 Å². The molecule has 0 aliphatic heterocycles. The zero-order valence-corrected chi connectivity index (χ0v) is 23.4. The van der Waals surface area contributed by atoms with Crippen LogP contribution < -0.4 is 0 Å². The van der Waals surface area contributed by atoms with Crippen LogP contribution in [0, 0.1) is 0 Å². The molecule has 42 heavy (non-hydrogen) atoms. The molecule has 0 nitrogen and oxygen atoms in total. The predicted molar refractivity (Wildman–Crippen MR) is 180 cm³/mol. The highest BCUT2D eigenvalue weighted by atomic mass is 14.2. The van der Waals surface area contributed by atoms with Gasteiger partial charge in [0.2, 0.25) is 0 Å². The maximum absolute atomic E-state index is 2.44. The minimum Gasteiger partial charge on any atom is -0.0622 e. The van der Waals surface area contributed by atoms with Gasteiger partial charge < -0.3 is 0 Å². The lowest BCUT2D eigenvalue weighted by Crippen LogP contribution is -1.98. The van der Waals surface area contributed by atoms with Crippen LogP contribution in [0.15, 0.2) is 158 Å². The highest BCUT2D eigenvalue weighted by Gasteiger charge is 2.20. The first-order valence-electron chi connectivity index (χ1n) is 14.8. The van der Waals surface area contributed by atoms with E-state index in [2.05, 4.69) is 158 Å². The first-order valence-corrected chi connectivity index (χ1v) is 14.8. The van der Waals surface area contributed by atoms with Gasteiger partial charge in [-0.25, -0.2) is 0 Å². The van der Waals surface area contributed by atoms with Gasteiger partial charge in [0.25, 0.3) is 0 Å². The Labute approximate surface area is 246 Å². The van der Waals surface area contributed by atoms with Crippen LogP contribution in [0.25, 0.3) is 54.6 Å². The minimum absolute atomic E-state index is 0.900. The van der Waals surface area contributed by atoms with Crippen LogP contribution in [0.2, 0.25) is 0 Å². The quantitative estimate of drug-likeness (QED) is 0.186. The molecule has 0 aliphatic rings. The van der Waals surface area contributed by atoms with Crippen LogP contribution in [0.4, 0.5) is 0 Å². The third kappa shape index (κ3) is 4.24. The van der Waals surface area contributed by atoms with E-state index in [9.17, 15) is 0 Å². The Bertz CT molecular complexity index is 1980. The fourth-order valence-electron chi connectivity index (χ4n) is 6.78. The Kier molecular flexibility index (Phi) is 6.04. The normalized spacial score (nSPS) is 11.5. The van der Waals surface area contributed by atoms with Gasteiger partial charge >= 0.3 is 0 Å². The molecule has 0 fully saturated rings. The van der Waals surface area contributed by atoms with Crippen molar-refractivity contribution in [3.05, 3.63) is 180 Å². The number of benzene rings is 8. The molecule has 0 saturated heterocycles. The van der Waals surface area contributed by atoms with Crippen LogP contribution in [-0.2, 0) is 12.8 Å². The van der Waals surface area contributed by atoms with Gasteiger partial charge in [0.1, 0.15) is 0 Å². The second kappa shape index (κ2) is 10.3. The smallest absolute Gasteiger partial charge is 0.00174 e. The largest absolute Gasteiger partial charge is 0.0622 e. The average molecular weight is 535 g/mol. The Morgan fingerprint density at radius 1 is 0.310 bits per heavy atom. The van der Waals surface area contributed by atoms with Gasteiger partial charge in [-0.15, -0.1) is 0 Å². The molecule has 8 aromatic rings. The van der Waals surface area contributed by atoms with Gasteiger partial charge in [-0.3, -0.25) is 0 Å². The molecule has 0 bridgehead atoms. The van der Waals surface area contributed by atoms with Crippen LogP contribution in [0.3, 0.4) is 0 Å². The van der Waals surface area contributed by atoms with Crippen LogP contribution in [0.1, 0.15) is 22.3 Å². The van der Waals surface area contributed by atoms with E-state index in [0.29, 0.717) is 0 Å². The molecule has 0 heterocycles. The highest BCUT2D eigenvalue weighted by molar-refractivity contribution is 6.28. The second-order valence-electron chi connectivity index (χ2n) is 11.3. The molecule has 0 aromatic heterocycles. The molecular weight excluding hydrogens is 504 g/mol. The molecule has 0 unspecified atom stereocenters. The van der Waals surface area contributed by atoms with E-state index >= 15 is 0 Å². The lowest BCUT2D eigenvalue weighted by atomic mass is 9.82. The Balaban J connectivity index is 1.49. The van der Waals surface area contributed by atoms with Crippen LogP contribution >= 0.6 is 0 Å². The Hall–Kier alpha value is -5.20. The minimum atomic E-state index is 0.900. The van der Waals surface area contributed by atoms with E-state index < -0.39 is 0 Å². The molecule has 8 aromatic carbocycles. The average Bonchev–Trinajstić information content (AvgIpc) is 3.06. The van der Waals surface area contributed by atoms with Crippen molar-refractivity contribution in [1.29, 1.82) is 0 Å². The van der Waals surface area contributed by atoms with E-state index in [1.807, 2.05) is 0 Å². The molecule has 0 radical (unpaired) electrons. The molecule has 0 aliphatic carbocycles. The maximum Gasteiger partial charge on any atom is -0.00174 e. The summed E-state index contributed by atoms with van der Waals surface area (Å²) in [7, 11) is 0. The van der Waals surface area contributed by atoms with Crippen molar-refractivity contribution in [2.45, 2.75) is 12.8 Å². The van der Waals surface area contributed by atoms with Gasteiger partial charge in [-0.1, -0.05) is 146 Å². The third-order valence-electron chi connectivity index (χ3n) is 8.71. The highest BCUT2D eigenvalue weighted by Crippen LogP contribution is 2.45. The van der Waals surface area contributed by atoms with E-state index in [1.54, 1.807) is 0 Å². The van der Waals surface area contributed by atoms with Crippen molar-refractivity contribution in [2.24, 2.45) is 0 Å². The molecule has 0 N–H and O–H groups in total. The third-order valence-corrected chi connectivity index (χ3v) is 8.71. The summed E-state index contributed by atoms with van der Waals surface area (Å²) in [5, 5.41) is 8.10. The lowest BCUT2D eigenvalue weighted by Gasteiger charge is -2.21. The first-order chi connectivity index (χ1) is 20.8. The lowest BCUT2D eigenvalue weighted by molar-refractivity contribution is 1.21. The van der Waals surface area contributed by atoms with Crippen LogP contribution in [0.5, 0.6) is 0 Å². The van der Waals surface area contributed by atoms with Crippen molar-refractivity contribution >= 4 is 32.3 Å². The maximum atomic E-state index is 2.44. The standard InChI is InChI=1S/C42H30/c1-5-13-29(14-6-1)25-33-27-39(31-17-9-3-10-18-31)37-24-22-36-34(26-30-15-7-2-8-16-30)28-40(32-19-11-4-12-20-32)38-23-21-35(33)41(37)42(36)38/h1-24,27-28H,25-26H2. The van der Waals surface area contributed by atoms with Crippen molar-refractivity contribution < 1.29 is 0 Å². The van der Waals surface area contributed by atoms with Gasteiger partial charge in [0.05, 0.1) is 0 Å². The van der Waals surface area contributed by atoms with Crippen molar-refractivity contribution in [1.82, 2.24) is 0 Å². The zero-order chi connectivity index (χ0) is 27.9. The summed E-state index contributed by atoms with van der Waals surface area (Å²) in [4.78, 5) is 0. The second-order valence-corrected chi connectivity index (χ2v) is 11.3. The summed E-state index contributed by atoms with van der Waals surface area (Å²) < 4.78 is 0. The summed E-state index contributed by atoms with van der Waals surface area (Å²) in [6.07, 6.45) is 1.80. The van der Waals surface area contributed by atoms with Gasteiger partial charge in [-0.05, 0) is 102 Å². The summed E-state index contributed by atoms with van der Waals surface area (Å²) in [5.41, 5.74) is 10.5. The number of hydrogen-bond donors (Lipinski definition) is 0. The Morgan fingerprint density at radius 2 is 0.643 bits per heavy atom. The molecule has 198 valence electrons. The predicted octanol–water partition coefficient (Wildman–Crippen LogP) is 11.1. The molecule has 0 heteroatoms. The van der Waals surface area contributed by atoms with Gasteiger partial charge in [-0.2, -0.15) is 0 Å². The summed E-state index contributed by atoms with van der Waals surface area (Å²) in [5.74, 6) is 0. The molecule has 0 spiro atoms. The molecular formula is C42H30. The van der Waals surface area contributed by atoms with E-state index in [0.717, 1.165) is 12.8 Å². The SMILES string of the molecule is c1ccc(Cc2cc(-c3ccccc3)c3ccc4c(Cc5ccccc5)cc(-c5ccccc5)c5ccc2c3c45)cc1. The van der Waals surface area contributed by atoms with Crippen LogP contribution in [-0.4, -0.2) is 0 Å². The van der Waals surface area contributed by atoms with E-state index in [-0.39, 0.29) is 0 Å².